The Morgan fingerprint density at radius 2 is 1.73 bits per heavy atom. The molecule has 1 atom stereocenters. The second kappa shape index (κ2) is 10.2. The molecule has 1 aromatic heterocycles. The van der Waals surface area contributed by atoms with Crippen molar-refractivity contribution in [3.8, 4) is 0 Å². The van der Waals surface area contributed by atoms with Gasteiger partial charge < -0.3 is 18.9 Å². The van der Waals surface area contributed by atoms with Crippen LogP contribution < -0.4 is 0 Å². The van der Waals surface area contributed by atoms with Crippen LogP contribution >= 0.6 is 0 Å². The zero-order valence-corrected chi connectivity index (χ0v) is 18.5. The van der Waals surface area contributed by atoms with E-state index in [1.54, 1.807) is 56.7 Å². The van der Waals surface area contributed by atoms with Gasteiger partial charge in [-0.1, -0.05) is 18.2 Å². The minimum atomic E-state index is -0.733. The number of Topliss-reactive ketones (excluding diaryl/α,β-unsaturated/α-hetero) is 1. The monoisotopic (exact) mass is 414 g/mol. The van der Waals surface area contributed by atoms with E-state index in [-0.39, 0.29) is 18.2 Å². The van der Waals surface area contributed by atoms with E-state index in [0.29, 0.717) is 41.2 Å². The molecule has 0 aliphatic carbocycles. The van der Waals surface area contributed by atoms with Crippen molar-refractivity contribution in [2.24, 2.45) is 0 Å². The summed E-state index contributed by atoms with van der Waals surface area (Å²) in [6.07, 6.45) is 0. The molecular formula is C23H30N2O5. The fraction of sp³-hybridized carbons (Fsp3) is 0.435. The van der Waals surface area contributed by atoms with Crippen molar-refractivity contribution >= 4 is 17.7 Å². The molecule has 2 aromatic rings. The Morgan fingerprint density at radius 1 is 1.10 bits per heavy atom. The average Bonchev–Trinajstić information content (AvgIpc) is 3.02. The van der Waals surface area contributed by atoms with Gasteiger partial charge in [0.05, 0.1) is 19.8 Å². The second-order valence-corrected chi connectivity index (χ2v) is 7.07. The summed E-state index contributed by atoms with van der Waals surface area (Å²) < 4.78 is 11.8. The van der Waals surface area contributed by atoms with E-state index in [4.69, 9.17) is 9.47 Å². The van der Waals surface area contributed by atoms with Gasteiger partial charge in [-0.05, 0) is 45.4 Å². The fourth-order valence-corrected chi connectivity index (χ4v) is 3.77. The predicted octanol–water partition coefficient (Wildman–Crippen LogP) is 3.27. The first-order chi connectivity index (χ1) is 14.3. The third-order valence-electron chi connectivity index (χ3n) is 5.37. The van der Waals surface area contributed by atoms with Gasteiger partial charge in [0.2, 0.25) is 0 Å². The number of hydrogen-bond donors (Lipinski definition) is 0. The summed E-state index contributed by atoms with van der Waals surface area (Å²) in [7, 11) is 2.87. The Hall–Kier alpha value is -2.93. The van der Waals surface area contributed by atoms with Crippen LogP contribution in [0.1, 0.15) is 56.3 Å². The maximum Gasteiger partial charge on any atom is 0.354 e. The molecule has 1 aromatic carbocycles. The molecule has 0 saturated heterocycles. The molecule has 0 N–H and O–H groups in total. The molecule has 1 unspecified atom stereocenters. The van der Waals surface area contributed by atoms with E-state index in [1.807, 2.05) is 13.0 Å². The van der Waals surface area contributed by atoms with Crippen LogP contribution in [0.3, 0.4) is 0 Å². The molecule has 0 radical (unpaired) electrons. The standard InChI is InChI=1S/C23H30N2O5/c1-7-24-16(3)19(15(2)20(24)23(28)30-6)21(26)17(4)25(13-14-29-5)22(27)18-11-9-8-10-12-18/h8-12,17H,7,13-14H2,1-6H3. The number of carbonyl (C=O) groups is 3. The van der Waals surface area contributed by atoms with Crippen LogP contribution in [0.4, 0.5) is 0 Å². The molecule has 1 heterocycles. The van der Waals surface area contributed by atoms with Crippen molar-refractivity contribution in [3.05, 3.63) is 58.4 Å². The van der Waals surface area contributed by atoms with E-state index in [1.165, 1.54) is 12.0 Å². The normalized spacial score (nSPS) is 11.8. The molecule has 0 aliphatic heterocycles. The van der Waals surface area contributed by atoms with Gasteiger partial charge >= 0.3 is 5.97 Å². The number of carbonyl (C=O) groups excluding carboxylic acids is 3. The Labute approximate surface area is 177 Å². The lowest BCUT2D eigenvalue weighted by atomic mass is 9.99. The first-order valence-electron chi connectivity index (χ1n) is 9.97. The Bertz CT molecular complexity index is 917. The molecule has 7 nitrogen and oxygen atoms in total. The summed E-state index contributed by atoms with van der Waals surface area (Å²) in [6.45, 7) is 8.25. The summed E-state index contributed by atoms with van der Waals surface area (Å²) in [5.74, 6) is -0.949. The fourth-order valence-electron chi connectivity index (χ4n) is 3.77. The van der Waals surface area contributed by atoms with Crippen LogP contribution in [0.5, 0.6) is 0 Å². The predicted molar refractivity (Wildman–Crippen MR) is 114 cm³/mol. The first kappa shape index (κ1) is 23.3. The third kappa shape index (κ3) is 4.46. The smallest absolute Gasteiger partial charge is 0.354 e. The summed E-state index contributed by atoms with van der Waals surface area (Å²) in [4.78, 5) is 40.5. The number of rotatable bonds is 9. The minimum Gasteiger partial charge on any atom is -0.464 e. The van der Waals surface area contributed by atoms with Gasteiger partial charge in [-0.2, -0.15) is 0 Å². The summed E-state index contributed by atoms with van der Waals surface area (Å²) in [6, 6.07) is 8.11. The lowest BCUT2D eigenvalue weighted by Crippen LogP contribution is -2.45. The lowest BCUT2D eigenvalue weighted by Gasteiger charge is -2.28. The maximum absolute atomic E-state index is 13.5. The molecule has 162 valence electrons. The number of nitrogens with zero attached hydrogens (tertiary/aromatic N) is 2. The molecule has 0 saturated carbocycles. The van der Waals surface area contributed by atoms with Crippen molar-refractivity contribution < 1.29 is 23.9 Å². The highest BCUT2D eigenvalue weighted by molar-refractivity contribution is 6.07. The summed E-state index contributed by atoms with van der Waals surface area (Å²) in [5.41, 5.74) is 2.57. The molecule has 1 amide bonds. The Balaban J connectivity index is 2.48. The van der Waals surface area contributed by atoms with Gasteiger partial charge in [0, 0.05) is 37.0 Å². The number of ether oxygens (including phenoxy) is 2. The minimum absolute atomic E-state index is 0.220. The molecule has 7 heteroatoms. The zero-order valence-electron chi connectivity index (χ0n) is 18.5. The SMILES string of the molecule is CCn1c(C)c(C(=O)C(C)N(CCOC)C(=O)c2ccccc2)c(C)c1C(=O)OC. The summed E-state index contributed by atoms with van der Waals surface area (Å²) in [5, 5.41) is 0. The number of methoxy groups -OCH3 is 2. The van der Waals surface area contributed by atoms with Crippen molar-refractivity contribution in [1.82, 2.24) is 9.47 Å². The molecule has 2 rings (SSSR count). The van der Waals surface area contributed by atoms with E-state index in [2.05, 4.69) is 0 Å². The van der Waals surface area contributed by atoms with E-state index < -0.39 is 12.0 Å². The zero-order chi connectivity index (χ0) is 22.4. The number of esters is 1. The van der Waals surface area contributed by atoms with Crippen LogP contribution in [0.25, 0.3) is 0 Å². The van der Waals surface area contributed by atoms with Crippen LogP contribution in [0, 0.1) is 13.8 Å². The number of hydrogen-bond acceptors (Lipinski definition) is 5. The Morgan fingerprint density at radius 3 is 2.27 bits per heavy atom. The van der Waals surface area contributed by atoms with Crippen molar-refractivity contribution in [2.45, 2.75) is 40.3 Å². The van der Waals surface area contributed by atoms with Gasteiger partial charge in [0.25, 0.3) is 5.91 Å². The number of aromatic nitrogens is 1. The van der Waals surface area contributed by atoms with E-state index in [0.717, 1.165) is 0 Å². The highest BCUT2D eigenvalue weighted by Gasteiger charge is 2.33. The number of benzene rings is 1. The average molecular weight is 415 g/mol. The third-order valence-corrected chi connectivity index (χ3v) is 5.37. The molecule has 30 heavy (non-hydrogen) atoms. The Kier molecular flexibility index (Phi) is 7.94. The molecular weight excluding hydrogens is 384 g/mol. The highest BCUT2D eigenvalue weighted by Crippen LogP contribution is 2.26. The molecule has 0 bridgehead atoms. The van der Waals surface area contributed by atoms with Gasteiger partial charge in [-0.15, -0.1) is 0 Å². The van der Waals surface area contributed by atoms with Crippen molar-refractivity contribution in [1.29, 1.82) is 0 Å². The lowest BCUT2D eigenvalue weighted by molar-refractivity contribution is 0.0563. The number of ketones is 1. The van der Waals surface area contributed by atoms with E-state index in [9.17, 15) is 14.4 Å². The summed E-state index contributed by atoms with van der Waals surface area (Å²) >= 11 is 0. The van der Waals surface area contributed by atoms with E-state index >= 15 is 0 Å². The van der Waals surface area contributed by atoms with Gasteiger partial charge in [-0.25, -0.2) is 4.79 Å². The first-order valence-corrected chi connectivity index (χ1v) is 9.97. The number of amides is 1. The topological polar surface area (TPSA) is 77.8 Å². The van der Waals surface area contributed by atoms with Crippen LogP contribution in [0.15, 0.2) is 30.3 Å². The van der Waals surface area contributed by atoms with Crippen LogP contribution in [-0.2, 0) is 16.0 Å². The molecule has 0 aliphatic rings. The van der Waals surface area contributed by atoms with Crippen LogP contribution in [0.2, 0.25) is 0 Å². The largest absolute Gasteiger partial charge is 0.464 e. The highest BCUT2D eigenvalue weighted by atomic mass is 16.5. The molecule has 0 spiro atoms. The van der Waals surface area contributed by atoms with Crippen LogP contribution in [-0.4, -0.2) is 60.5 Å². The van der Waals surface area contributed by atoms with Crippen molar-refractivity contribution in [3.63, 3.8) is 0 Å². The van der Waals surface area contributed by atoms with Gasteiger partial charge in [-0.3, -0.25) is 9.59 Å². The quantitative estimate of drug-likeness (QED) is 0.465. The molecule has 0 fully saturated rings. The van der Waals surface area contributed by atoms with Crippen molar-refractivity contribution in [2.75, 3.05) is 27.4 Å². The second-order valence-electron chi connectivity index (χ2n) is 7.07. The maximum atomic E-state index is 13.5. The van der Waals surface area contributed by atoms with Gasteiger partial charge in [0.15, 0.2) is 5.78 Å². The van der Waals surface area contributed by atoms with Gasteiger partial charge in [0.1, 0.15) is 5.69 Å².